The molecule has 2 aromatic carbocycles. The van der Waals surface area contributed by atoms with Gasteiger partial charge in [-0.05, 0) is 57.5 Å². The Morgan fingerprint density at radius 2 is 1.85 bits per heavy atom. The van der Waals surface area contributed by atoms with Gasteiger partial charge in [0.15, 0.2) is 5.82 Å². The second-order valence-corrected chi connectivity index (χ2v) is 9.22. The average molecular weight is 459 g/mol. The zero-order chi connectivity index (χ0) is 24.1. The molecule has 0 aliphatic carbocycles. The molecular weight excluding hydrogens is 428 g/mol. The van der Waals surface area contributed by atoms with Gasteiger partial charge in [0.25, 0.3) is 0 Å². The molecule has 0 aliphatic heterocycles. The molecule has 0 saturated carbocycles. The summed E-state index contributed by atoms with van der Waals surface area (Å²) in [5.74, 6) is 0.204. The molecule has 0 spiro atoms. The van der Waals surface area contributed by atoms with Gasteiger partial charge in [0.1, 0.15) is 17.3 Å². The number of hydrogen-bond acceptors (Lipinski definition) is 6. The minimum atomic E-state index is -0.580. The van der Waals surface area contributed by atoms with Crippen LogP contribution in [0.5, 0.6) is 0 Å². The van der Waals surface area contributed by atoms with Crippen molar-refractivity contribution < 1.29 is 14.3 Å². The number of ether oxygens (including phenoxy) is 2. The molecule has 0 N–H and O–H groups in total. The Kier molecular flexibility index (Phi) is 7.03. The van der Waals surface area contributed by atoms with Gasteiger partial charge in [-0.3, -0.25) is 9.78 Å². The summed E-state index contributed by atoms with van der Waals surface area (Å²) in [6, 6.07) is 19.8. The van der Waals surface area contributed by atoms with E-state index in [2.05, 4.69) is 4.98 Å². The summed E-state index contributed by atoms with van der Waals surface area (Å²) in [6.45, 7) is 8.78. The van der Waals surface area contributed by atoms with Crippen molar-refractivity contribution in [2.24, 2.45) is 0 Å². The summed E-state index contributed by atoms with van der Waals surface area (Å²) in [5.41, 5.74) is 2.29. The maximum Gasteiger partial charge on any atom is 0.316 e. The zero-order valence-electron chi connectivity index (χ0n) is 20.1. The monoisotopic (exact) mass is 458 g/mol. The van der Waals surface area contributed by atoms with Crippen molar-refractivity contribution in [1.29, 1.82) is 0 Å². The lowest BCUT2D eigenvalue weighted by Gasteiger charge is -2.22. The quantitative estimate of drug-likeness (QED) is 0.268. The van der Waals surface area contributed by atoms with Gasteiger partial charge in [0, 0.05) is 17.1 Å². The SMILES string of the molecule is CC(C(=O)OC(C)(C)C)c1nc(-c2ccc3ncccc3c2)nn1CCOCc1ccccc1. The fourth-order valence-corrected chi connectivity index (χ4v) is 3.59. The molecule has 7 nitrogen and oxygen atoms in total. The van der Waals surface area contributed by atoms with E-state index in [1.165, 1.54) is 0 Å². The Morgan fingerprint density at radius 3 is 2.62 bits per heavy atom. The van der Waals surface area contributed by atoms with Crippen molar-refractivity contribution in [2.45, 2.75) is 52.4 Å². The molecule has 1 atom stereocenters. The van der Waals surface area contributed by atoms with Crippen LogP contribution in [0.3, 0.4) is 0 Å². The van der Waals surface area contributed by atoms with Crippen LogP contribution >= 0.6 is 0 Å². The van der Waals surface area contributed by atoms with E-state index in [1.54, 1.807) is 17.8 Å². The van der Waals surface area contributed by atoms with Crippen LogP contribution < -0.4 is 0 Å². The van der Waals surface area contributed by atoms with Crippen molar-refractivity contribution in [3.8, 4) is 11.4 Å². The second kappa shape index (κ2) is 10.1. The van der Waals surface area contributed by atoms with E-state index in [-0.39, 0.29) is 5.97 Å². The van der Waals surface area contributed by atoms with Crippen LogP contribution in [0.4, 0.5) is 0 Å². The first-order valence-corrected chi connectivity index (χ1v) is 11.4. The molecule has 176 valence electrons. The second-order valence-electron chi connectivity index (χ2n) is 9.22. The first-order valence-electron chi connectivity index (χ1n) is 11.4. The number of carbonyl (C=O) groups excluding carboxylic acids is 1. The van der Waals surface area contributed by atoms with Crippen LogP contribution in [0.1, 0.15) is 45.0 Å². The van der Waals surface area contributed by atoms with E-state index in [0.29, 0.717) is 31.4 Å². The highest BCUT2D eigenvalue weighted by Gasteiger charge is 2.28. The molecule has 0 saturated heterocycles. The summed E-state index contributed by atoms with van der Waals surface area (Å²) in [6.07, 6.45) is 1.77. The van der Waals surface area contributed by atoms with Crippen molar-refractivity contribution in [2.75, 3.05) is 6.61 Å². The summed E-state index contributed by atoms with van der Waals surface area (Å²) in [5, 5.41) is 5.73. The van der Waals surface area contributed by atoms with Gasteiger partial charge in [-0.25, -0.2) is 9.67 Å². The summed E-state index contributed by atoms with van der Waals surface area (Å²) in [4.78, 5) is 21.9. The molecule has 0 radical (unpaired) electrons. The van der Waals surface area contributed by atoms with E-state index in [4.69, 9.17) is 19.6 Å². The van der Waals surface area contributed by atoms with Gasteiger partial charge in [0.2, 0.25) is 0 Å². The minimum Gasteiger partial charge on any atom is -0.459 e. The number of carbonyl (C=O) groups is 1. The number of esters is 1. The third-order valence-electron chi connectivity index (χ3n) is 5.27. The average Bonchev–Trinajstić information content (AvgIpc) is 3.24. The first-order chi connectivity index (χ1) is 16.3. The van der Waals surface area contributed by atoms with Crippen molar-refractivity contribution in [1.82, 2.24) is 19.7 Å². The van der Waals surface area contributed by atoms with Crippen LogP contribution in [-0.4, -0.2) is 37.9 Å². The predicted molar refractivity (Wildman–Crippen MR) is 131 cm³/mol. The molecule has 0 bridgehead atoms. The number of rotatable bonds is 8. The van der Waals surface area contributed by atoms with Crippen molar-refractivity contribution >= 4 is 16.9 Å². The maximum absolute atomic E-state index is 12.8. The lowest BCUT2D eigenvalue weighted by atomic mass is 10.1. The number of hydrogen-bond donors (Lipinski definition) is 0. The molecule has 34 heavy (non-hydrogen) atoms. The van der Waals surface area contributed by atoms with Crippen LogP contribution in [0.2, 0.25) is 0 Å². The molecule has 0 amide bonds. The fourth-order valence-electron chi connectivity index (χ4n) is 3.59. The third-order valence-corrected chi connectivity index (χ3v) is 5.27. The summed E-state index contributed by atoms with van der Waals surface area (Å²) in [7, 11) is 0. The topological polar surface area (TPSA) is 79.1 Å². The van der Waals surface area contributed by atoms with E-state index in [0.717, 1.165) is 22.0 Å². The van der Waals surface area contributed by atoms with Gasteiger partial charge in [-0.2, -0.15) is 5.10 Å². The minimum absolute atomic E-state index is 0.333. The van der Waals surface area contributed by atoms with E-state index >= 15 is 0 Å². The summed E-state index contributed by atoms with van der Waals surface area (Å²) >= 11 is 0. The van der Waals surface area contributed by atoms with E-state index in [1.807, 2.05) is 81.4 Å². The Bertz CT molecular complexity index is 1260. The molecule has 4 aromatic rings. The lowest BCUT2D eigenvalue weighted by molar-refractivity contribution is -0.156. The Morgan fingerprint density at radius 1 is 1.06 bits per heavy atom. The van der Waals surface area contributed by atoms with Gasteiger partial charge < -0.3 is 9.47 Å². The highest BCUT2D eigenvalue weighted by molar-refractivity contribution is 5.83. The first kappa shape index (κ1) is 23.6. The van der Waals surface area contributed by atoms with Gasteiger partial charge in [0.05, 0.1) is 25.3 Å². The molecule has 2 aromatic heterocycles. The number of pyridine rings is 1. The molecule has 7 heteroatoms. The van der Waals surface area contributed by atoms with Gasteiger partial charge in [-0.1, -0.05) is 36.4 Å². The Hall–Kier alpha value is -3.58. The van der Waals surface area contributed by atoms with Crippen LogP contribution in [-0.2, 0) is 27.4 Å². The molecule has 1 unspecified atom stereocenters. The third kappa shape index (κ3) is 5.85. The van der Waals surface area contributed by atoms with E-state index in [9.17, 15) is 4.79 Å². The van der Waals surface area contributed by atoms with Crippen molar-refractivity contribution in [3.05, 3.63) is 78.2 Å². The van der Waals surface area contributed by atoms with Gasteiger partial charge in [-0.15, -0.1) is 0 Å². The highest BCUT2D eigenvalue weighted by atomic mass is 16.6. The predicted octanol–water partition coefficient (Wildman–Crippen LogP) is 5.16. The van der Waals surface area contributed by atoms with Crippen LogP contribution in [0.15, 0.2) is 66.9 Å². The summed E-state index contributed by atoms with van der Waals surface area (Å²) < 4.78 is 13.2. The van der Waals surface area contributed by atoms with Crippen LogP contribution in [0, 0.1) is 0 Å². The molecule has 0 aliphatic rings. The van der Waals surface area contributed by atoms with E-state index < -0.39 is 11.5 Å². The largest absolute Gasteiger partial charge is 0.459 e. The Balaban J connectivity index is 1.57. The molecule has 2 heterocycles. The van der Waals surface area contributed by atoms with Crippen LogP contribution in [0.25, 0.3) is 22.3 Å². The smallest absolute Gasteiger partial charge is 0.316 e. The number of benzene rings is 2. The maximum atomic E-state index is 12.8. The Labute approximate surface area is 199 Å². The number of nitrogens with zero attached hydrogens (tertiary/aromatic N) is 4. The zero-order valence-corrected chi connectivity index (χ0v) is 20.1. The molecule has 4 rings (SSSR count). The highest BCUT2D eigenvalue weighted by Crippen LogP contribution is 2.25. The van der Waals surface area contributed by atoms with Crippen molar-refractivity contribution in [3.63, 3.8) is 0 Å². The normalized spacial score (nSPS) is 12.6. The molecular formula is C27H30N4O3. The molecule has 0 fully saturated rings. The van der Waals surface area contributed by atoms with Gasteiger partial charge >= 0.3 is 5.97 Å². The standard InChI is InChI=1S/C27H30N4O3/c1-19(26(32)34-27(2,3)4)25-29-24(22-12-13-23-21(17-22)11-8-14-28-23)30-31(25)15-16-33-18-20-9-6-5-7-10-20/h5-14,17,19H,15-16,18H2,1-4H3. The number of fused-ring (bicyclic) bond motifs is 1. The number of aromatic nitrogens is 4. The lowest BCUT2D eigenvalue weighted by Crippen LogP contribution is -2.28. The fraction of sp³-hybridized carbons (Fsp3) is 0.333.